The fraction of sp³-hybridized carbons (Fsp3) is 0.846. The Morgan fingerprint density at radius 2 is 1.82 bits per heavy atom. The molecule has 0 N–H and O–H groups in total. The highest BCUT2D eigenvalue weighted by atomic mass is 35.5. The Labute approximate surface area is 108 Å². The molecule has 3 atom stereocenters. The highest BCUT2D eigenvalue weighted by Crippen LogP contribution is 2.72. The van der Waals surface area contributed by atoms with E-state index in [4.69, 9.17) is 11.6 Å². The minimum absolute atomic E-state index is 0.0868. The molecule has 96 valence electrons. The molecule has 1 heterocycles. The molecule has 0 unspecified atom stereocenters. The molecule has 3 rings (SSSR count). The van der Waals surface area contributed by atoms with E-state index in [-0.39, 0.29) is 16.2 Å². The quantitative estimate of drug-likeness (QED) is 0.502. The Bertz CT molecular complexity index is 494. The topological polar surface area (TPSA) is 34.1 Å². The van der Waals surface area contributed by atoms with Crippen LogP contribution >= 0.6 is 11.6 Å². The van der Waals surface area contributed by atoms with Crippen molar-refractivity contribution in [1.82, 2.24) is 0 Å². The van der Waals surface area contributed by atoms with Gasteiger partial charge < -0.3 is 0 Å². The molecule has 2 nitrogen and oxygen atoms in total. The van der Waals surface area contributed by atoms with E-state index in [1.807, 2.05) is 0 Å². The number of alkyl halides is 1. The Balaban J connectivity index is 2.19. The average Bonchev–Trinajstić information content (AvgIpc) is 2.50. The zero-order valence-corrected chi connectivity index (χ0v) is 11.9. The molecule has 2 aliphatic carbocycles. The van der Waals surface area contributed by atoms with Gasteiger partial charge in [-0.3, -0.25) is 0 Å². The maximum absolute atomic E-state index is 12.2. The summed E-state index contributed by atoms with van der Waals surface area (Å²) in [4.78, 5) is 0. The van der Waals surface area contributed by atoms with E-state index in [1.165, 1.54) is 0 Å². The molecule has 0 bridgehead atoms. The van der Waals surface area contributed by atoms with Crippen molar-refractivity contribution in [2.75, 3.05) is 5.75 Å². The first-order chi connectivity index (χ1) is 7.73. The summed E-state index contributed by atoms with van der Waals surface area (Å²) in [6, 6.07) is 0. The maximum Gasteiger partial charge on any atom is 0.168 e. The number of hydrogen-bond acceptors (Lipinski definition) is 2. The minimum atomic E-state index is -3.11. The molecule has 0 aromatic carbocycles. The molecule has 4 heteroatoms. The molecule has 1 saturated carbocycles. The van der Waals surface area contributed by atoms with Crippen LogP contribution in [0.3, 0.4) is 0 Å². The average molecular weight is 275 g/mol. The van der Waals surface area contributed by atoms with E-state index in [1.54, 1.807) is 0 Å². The zero-order chi connectivity index (χ0) is 12.5. The summed E-state index contributed by atoms with van der Waals surface area (Å²) in [5.74, 6) is 0.294. The summed E-state index contributed by atoms with van der Waals surface area (Å²) in [5.41, 5.74) is -0.0722. The van der Waals surface area contributed by atoms with Gasteiger partial charge >= 0.3 is 0 Å². The van der Waals surface area contributed by atoms with Gasteiger partial charge in [0.1, 0.15) is 4.71 Å². The van der Waals surface area contributed by atoms with Crippen LogP contribution in [0.1, 0.15) is 39.5 Å². The van der Waals surface area contributed by atoms with Crippen LogP contribution in [0.4, 0.5) is 0 Å². The monoisotopic (exact) mass is 274 g/mol. The molecule has 17 heavy (non-hydrogen) atoms. The summed E-state index contributed by atoms with van der Waals surface area (Å²) >= 11 is 6.37. The van der Waals surface area contributed by atoms with E-state index in [0.717, 1.165) is 25.7 Å². The first-order valence-corrected chi connectivity index (χ1v) is 8.39. The molecule has 2 fully saturated rings. The van der Waals surface area contributed by atoms with Gasteiger partial charge in [-0.15, -0.1) is 11.6 Å². The van der Waals surface area contributed by atoms with Gasteiger partial charge in [0, 0.05) is 5.41 Å². The van der Waals surface area contributed by atoms with Gasteiger partial charge in [-0.2, -0.15) is 0 Å². The molecule has 1 aliphatic heterocycles. The smallest absolute Gasteiger partial charge is 0.168 e. The van der Waals surface area contributed by atoms with Crippen LogP contribution in [0.25, 0.3) is 0 Å². The van der Waals surface area contributed by atoms with Gasteiger partial charge in [0.15, 0.2) is 9.84 Å². The second kappa shape index (κ2) is 3.11. The van der Waals surface area contributed by atoms with Gasteiger partial charge in [-0.1, -0.05) is 26.0 Å². The summed E-state index contributed by atoms with van der Waals surface area (Å²) in [6.45, 7) is 4.49. The second-order valence-corrected chi connectivity index (χ2v) is 9.74. The van der Waals surface area contributed by atoms with Crippen molar-refractivity contribution >= 4 is 21.4 Å². The lowest BCUT2D eigenvalue weighted by molar-refractivity contribution is 0.122. The van der Waals surface area contributed by atoms with Crippen molar-refractivity contribution in [3.05, 3.63) is 12.2 Å². The van der Waals surface area contributed by atoms with Crippen molar-refractivity contribution in [2.45, 2.75) is 44.2 Å². The first kappa shape index (κ1) is 12.0. The van der Waals surface area contributed by atoms with Crippen LogP contribution in [0.5, 0.6) is 0 Å². The maximum atomic E-state index is 12.2. The standard InChI is InChI=1S/C13H19ClO2S/c1-11(2)7-12-5-3-4-6-13(12,8-11)10(14)17(15,16)9-12/h3-4,10H,5-9H2,1-2H3/t10-,12-,13+/m0/s1. The van der Waals surface area contributed by atoms with Crippen LogP contribution in [-0.2, 0) is 9.84 Å². The number of halogens is 1. The third-order valence-corrected chi connectivity index (χ3v) is 8.32. The Kier molecular flexibility index (Phi) is 2.20. The summed E-state index contributed by atoms with van der Waals surface area (Å²) in [5, 5.41) is 0. The lowest BCUT2D eigenvalue weighted by Crippen LogP contribution is -2.40. The predicted octanol–water partition coefficient (Wildman–Crippen LogP) is 3.12. The number of hydrogen-bond donors (Lipinski definition) is 0. The zero-order valence-electron chi connectivity index (χ0n) is 10.4. The molecule has 1 saturated heterocycles. The van der Waals surface area contributed by atoms with E-state index in [2.05, 4.69) is 26.0 Å². The van der Waals surface area contributed by atoms with Crippen LogP contribution in [-0.4, -0.2) is 18.9 Å². The van der Waals surface area contributed by atoms with Gasteiger partial charge in [0.2, 0.25) is 0 Å². The van der Waals surface area contributed by atoms with Crippen LogP contribution < -0.4 is 0 Å². The van der Waals surface area contributed by atoms with E-state index >= 15 is 0 Å². The van der Waals surface area contributed by atoms with Crippen molar-refractivity contribution in [1.29, 1.82) is 0 Å². The lowest BCUT2D eigenvalue weighted by Gasteiger charge is -2.42. The molecule has 0 spiro atoms. The normalized spacial score (nSPS) is 49.9. The molecular formula is C13H19ClO2S. The van der Waals surface area contributed by atoms with Crippen LogP contribution in [0.15, 0.2) is 12.2 Å². The van der Waals surface area contributed by atoms with E-state index < -0.39 is 14.5 Å². The minimum Gasteiger partial charge on any atom is -0.227 e. The Hall–Kier alpha value is -0.0200. The molecule has 3 aliphatic rings. The second-order valence-electron chi connectivity index (χ2n) is 6.96. The highest BCUT2D eigenvalue weighted by Gasteiger charge is 2.71. The Morgan fingerprint density at radius 1 is 1.18 bits per heavy atom. The van der Waals surface area contributed by atoms with Gasteiger partial charge in [0.25, 0.3) is 0 Å². The number of sulfone groups is 1. The number of rotatable bonds is 0. The number of allylic oxidation sites excluding steroid dienone is 2. The molecular weight excluding hydrogens is 256 g/mol. The fourth-order valence-electron chi connectivity index (χ4n) is 4.83. The van der Waals surface area contributed by atoms with Gasteiger partial charge in [-0.25, -0.2) is 8.42 Å². The van der Waals surface area contributed by atoms with E-state index in [9.17, 15) is 8.42 Å². The summed E-state index contributed by atoms with van der Waals surface area (Å²) in [6.07, 6.45) is 7.95. The summed E-state index contributed by atoms with van der Waals surface area (Å²) in [7, 11) is -3.11. The van der Waals surface area contributed by atoms with Crippen molar-refractivity contribution in [3.63, 3.8) is 0 Å². The van der Waals surface area contributed by atoms with E-state index in [0.29, 0.717) is 5.75 Å². The Morgan fingerprint density at radius 3 is 2.47 bits per heavy atom. The van der Waals surface area contributed by atoms with Crippen molar-refractivity contribution < 1.29 is 8.42 Å². The van der Waals surface area contributed by atoms with Crippen LogP contribution in [0, 0.1) is 16.2 Å². The largest absolute Gasteiger partial charge is 0.227 e. The predicted molar refractivity (Wildman–Crippen MR) is 69.7 cm³/mol. The first-order valence-electron chi connectivity index (χ1n) is 6.24. The van der Waals surface area contributed by atoms with Crippen molar-refractivity contribution in [2.24, 2.45) is 16.2 Å². The van der Waals surface area contributed by atoms with Crippen LogP contribution in [0.2, 0.25) is 0 Å². The molecule has 0 aromatic rings. The molecule has 0 aromatic heterocycles. The fourth-order valence-corrected chi connectivity index (χ4v) is 7.96. The van der Waals surface area contributed by atoms with Gasteiger partial charge in [-0.05, 0) is 36.5 Å². The van der Waals surface area contributed by atoms with Crippen molar-refractivity contribution in [3.8, 4) is 0 Å². The molecule has 0 radical (unpaired) electrons. The third-order valence-electron chi connectivity index (χ3n) is 5.05. The third kappa shape index (κ3) is 1.36. The molecule has 0 amide bonds. The SMILES string of the molecule is CC1(C)C[C@]23CC=CC[C@@]2(C1)[C@@H](Cl)S(=O)(=O)C3. The van der Waals surface area contributed by atoms with Gasteiger partial charge in [0.05, 0.1) is 5.75 Å². The highest BCUT2D eigenvalue weighted by molar-refractivity contribution is 7.93. The lowest BCUT2D eigenvalue weighted by atomic mass is 9.62. The summed E-state index contributed by atoms with van der Waals surface area (Å²) < 4.78 is 23.7.